The van der Waals surface area contributed by atoms with Gasteiger partial charge in [0.1, 0.15) is 12.1 Å². The van der Waals surface area contributed by atoms with Crippen LogP contribution in [0.3, 0.4) is 0 Å². The summed E-state index contributed by atoms with van der Waals surface area (Å²) in [5, 5.41) is 1.09. The Balaban J connectivity index is 1.87. The second kappa shape index (κ2) is 6.14. The SMILES string of the molecule is CCn1c(=S)[nH]c2cc3c(N4CCCN(C)CC4)ncnc3cc21. The lowest BCUT2D eigenvalue weighted by atomic mass is 10.2. The van der Waals surface area contributed by atoms with Gasteiger partial charge >= 0.3 is 0 Å². The molecule has 1 aliphatic rings. The van der Waals surface area contributed by atoms with Gasteiger partial charge in [-0.15, -0.1) is 0 Å². The molecule has 1 aliphatic heterocycles. The lowest BCUT2D eigenvalue weighted by molar-refractivity contribution is 0.360. The lowest BCUT2D eigenvalue weighted by Gasteiger charge is -2.22. The molecule has 6 nitrogen and oxygen atoms in total. The van der Waals surface area contributed by atoms with Crippen molar-refractivity contribution in [1.29, 1.82) is 0 Å². The standard InChI is InChI=1S/C17H22N6S/c1-3-23-15-10-13-12(9-14(15)20-17(23)24)16(19-11-18-13)22-6-4-5-21(2)7-8-22/h9-11H,3-8H2,1-2H3,(H,20,24). The van der Waals surface area contributed by atoms with E-state index in [0.29, 0.717) is 0 Å². The predicted octanol–water partition coefficient (Wildman–Crippen LogP) is 2.80. The summed E-state index contributed by atoms with van der Waals surface area (Å²) in [5.74, 6) is 1.03. The van der Waals surface area contributed by atoms with E-state index in [1.54, 1.807) is 6.33 Å². The fourth-order valence-corrected chi connectivity index (χ4v) is 3.86. The number of H-pyrrole nitrogens is 1. The molecule has 1 saturated heterocycles. The Bertz CT molecular complexity index is 943. The number of hydrogen-bond donors (Lipinski definition) is 1. The first-order valence-electron chi connectivity index (χ1n) is 8.48. The summed E-state index contributed by atoms with van der Waals surface area (Å²) in [6, 6.07) is 4.27. The number of nitrogens with one attached hydrogen (secondary N) is 1. The van der Waals surface area contributed by atoms with Crippen molar-refractivity contribution >= 4 is 40.0 Å². The summed E-state index contributed by atoms with van der Waals surface area (Å²) in [6.45, 7) is 7.17. The summed E-state index contributed by atoms with van der Waals surface area (Å²) in [7, 11) is 2.18. The molecular formula is C17H22N6S. The molecule has 4 rings (SSSR count). The van der Waals surface area contributed by atoms with Gasteiger partial charge < -0.3 is 19.4 Å². The van der Waals surface area contributed by atoms with Crippen molar-refractivity contribution in [3.8, 4) is 0 Å². The number of anilines is 1. The van der Waals surface area contributed by atoms with Gasteiger partial charge in [-0.2, -0.15) is 0 Å². The number of nitrogens with zero attached hydrogens (tertiary/aromatic N) is 5. The van der Waals surface area contributed by atoms with Gasteiger partial charge in [-0.25, -0.2) is 9.97 Å². The maximum Gasteiger partial charge on any atom is 0.178 e. The quantitative estimate of drug-likeness (QED) is 0.726. The van der Waals surface area contributed by atoms with E-state index >= 15 is 0 Å². The number of fused-ring (bicyclic) bond motifs is 2. The largest absolute Gasteiger partial charge is 0.355 e. The zero-order valence-corrected chi connectivity index (χ0v) is 14.9. The summed E-state index contributed by atoms with van der Waals surface area (Å²) < 4.78 is 2.86. The molecule has 7 heteroatoms. The monoisotopic (exact) mass is 342 g/mol. The molecule has 0 aliphatic carbocycles. The average molecular weight is 342 g/mol. The molecule has 1 fully saturated rings. The van der Waals surface area contributed by atoms with Crippen LogP contribution in [0.1, 0.15) is 13.3 Å². The maximum atomic E-state index is 5.44. The van der Waals surface area contributed by atoms with Crippen LogP contribution in [0.5, 0.6) is 0 Å². The molecule has 0 radical (unpaired) electrons. The van der Waals surface area contributed by atoms with Crippen LogP contribution in [0.4, 0.5) is 5.82 Å². The lowest BCUT2D eigenvalue weighted by Crippen LogP contribution is -2.29. The molecule has 3 heterocycles. The highest BCUT2D eigenvalue weighted by molar-refractivity contribution is 7.71. The third-order valence-electron chi connectivity index (χ3n) is 4.84. The Labute approximate surface area is 146 Å². The van der Waals surface area contributed by atoms with Crippen LogP contribution in [0.25, 0.3) is 21.9 Å². The molecule has 1 N–H and O–H groups in total. The first-order chi connectivity index (χ1) is 11.7. The van der Waals surface area contributed by atoms with Crippen molar-refractivity contribution in [2.45, 2.75) is 19.9 Å². The molecule has 24 heavy (non-hydrogen) atoms. The summed E-state index contributed by atoms with van der Waals surface area (Å²) in [5.41, 5.74) is 3.13. The Morgan fingerprint density at radius 3 is 2.88 bits per heavy atom. The van der Waals surface area contributed by atoms with Crippen molar-refractivity contribution in [3.05, 3.63) is 23.2 Å². The molecular weight excluding hydrogens is 320 g/mol. The molecule has 1 aromatic carbocycles. The number of likely N-dealkylation sites (N-methyl/N-ethyl adjacent to an activating group) is 1. The van der Waals surface area contributed by atoms with Gasteiger partial charge in [0.15, 0.2) is 4.77 Å². The molecule has 0 saturated carbocycles. The van der Waals surface area contributed by atoms with Gasteiger partial charge in [-0.05, 0) is 51.3 Å². The van der Waals surface area contributed by atoms with Crippen LogP contribution in [0.2, 0.25) is 0 Å². The van der Waals surface area contributed by atoms with Crippen LogP contribution in [0, 0.1) is 4.77 Å². The van der Waals surface area contributed by atoms with Crippen molar-refractivity contribution in [2.24, 2.45) is 0 Å². The van der Waals surface area contributed by atoms with E-state index in [1.807, 2.05) is 0 Å². The van der Waals surface area contributed by atoms with Crippen molar-refractivity contribution in [2.75, 3.05) is 38.1 Å². The predicted molar refractivity (Wildman–Crippen MR) is 100 cm³/mol. The third-order valence-corrected chi connectivity index (χ3v) is 5.17. The van der Waals surface area contributed by atoms with E-state index < -0.39 is 0 Å². The van der Waals surface area contributed by atoms with Crippen molar-refractivity contribution in [3.63, 3.8) is 0 Å². The average Bonchev–Trinajstić information content (AvgIpc) is 2.73. The third kappa shape index (κ3) is 2.57. The van der Waals surface area contributed by atoms with Crippen molar-refractivity contribution < 1.29 is 0 Å². The second-order valence-electron chi connectivity index (χ2n) is 6.40. The Kier molecular flexibility index (Phi) is 3.97. The Morgan fingerprint density at radius 1 is 1.17 bits per heavy atom. The number of imidazole rings is 1. The highest BCUT2D eigenvalue weighted by atomic mass is 32.1. The summed E-state index contributed by atoms with van der Waals surface area (Å²) in [6.07, 6.45) is 2.83. The number of rotatable bonds is 2. The van der Waals surface area contributed by atoms with E-state index in [4.69, 9.17) is 12.2 Å². The number of hydrogen-bond acceptors (Lipinski definition) is 5. The van der Waals surface area contributed by atoms with Gasteiger partial charge in [0.05, 0.1) is 16.6 Å². The van der Waals surface area contributed by atoms with Gasteiger partial charge in [-0.3, -0.25) is 0 Å². The van der Waals surface area contributed by atoms with E-state index in [0.717, 1.165) is 71.7 Å². The maximum absolute atomic E-state index is 5.44. The minimum Gasteiger partial charge on any atom is -0.355 e. The van der Waals surface area contributed by atoms with E-state index in [-0.39, 0.29) is 0 Å². The van der Waals surface area contributed by atoms with Crippen LogP contribution in [0.15, 0.2) is 18.5 Å². The van der Waals surface area contributed by atoms with E-state index in [9.17, 15) is 0 Å². The van der Waals surface area contributed by atoms with Gasteiger partial charge in [0.25, 0.3) is 0 Å². The minimum absolute atomic E-state index is 0.758. The molecule has 0 bridgehead atoms. The zero-order chi connectivity index (χ0) is 16.7. The first-order valence-corrected chi connectivity index (χ1v) is 8.89. The zero-order valence-electron chi connectivity index (χ0n) is 14.1. The van der Waals surface area contributed by atoms with Gasteiger partial charge in [0.2, 0.25) is 0 Å². The molecule has 0 unspecified atom stereocenters. The summed E-state index contributed by atoms with van der Waals surface area (Å²) in [4.78, 5) is 17.2. The molecule has 0 atom stereocenters. The van der Waals surface area contributed by atoms with Crippen LogP contribution < -0.4 is 4.90 Å². The smallest absolute Gasteiger partial charge is 0.178 e. The fraction of sp³-hybridized carbons (Fsp3) is 0.471. The molecule has 126 valence electrons. The topological polar surface area (TPSA) is 53.0 Å². The number of aryl methyl sites for hydroxylation is 1. The van der Waals surface area contributed by atoms with Crippen LogP contribution >= 0.6 is 12.2 Å². The van der Waals surface area contributed by atoms with Crippen LogP contribution in [-0.2, 0) is 6.54 Å². The first kappa shape index (κ1) is 15.5. The molecule has 0 spiro atoms. The van der Waals surface area contributed by atoms with E-state index in [1.165, 1.54) is 0 Å². The normalized spacial score (nSPS) is 16.8. The second-order valence-corrected chi connectivity index (χ2v) is 6.79. The fourth-order valence-electron chi connectivity index (χ4n) is 3.52. The van der Waals surface area contributed by atoms with Gasteiger partial charge in [-0.1, -0.05) is 0 Å². The van der Waals surface area contributed by atoms with Gasteiger partial charge in [0, 0.05) is 31.6 Å². The highest BCUT2D eigenvalue weighted by Crippen LogP contribution is 2.28. The number of benzene rings is 1. The Morgan fingerprint density at radius 2 is 2.04 bits per heavy atom. The molecule has 0 amide bonds. The number of aromatic amines is 1. The minimum atomic E-state index is 0.758. The Hall–Kier alpha value is -1.99. The molecule has 3 aromatic rings. The molecule has 2 aromatic heterocycles. The number of aromatic nitrogens is 4. The van der Waals surface area contributed by atoms with E-state index in [2.05, 4.69) is 55.4 Å². The van der Waals surface area contributed by atoms with Crippen LogP contribution in [-0.4, -0.2) is 57.6 Å². The summed E-state index contributed by atoms with van der Waals surface area (Å²) >= 11 is 5.44. The highest BCUT2D eigenvalue weighted by Gasteiger charge is 2.17. The van der Waals surface area contributed by atoms with Crippen molar-refractivity contribution in [1.82, 2.24) is 24.4 Å².